The van der Waals surface area contributed by atoms with Gasteiger partial charge in [0.05, 0.1) is 12.2 Å². The molecule has 0 aromatic rings. The molecular weight excluding hydrogens is 238 g/mol. The van der Waals surface area contributed by atoms with Crippen LogP contribution >= 0.6 is 0 Å². The standard InChI is InChI=1S/C15H29N3O/c1-10(2)13-15(19)18(14(16-13)11(3)4)9-8-17(5)12-6-7-12/h10-14,16H,6-9H2,1-5H3. The number of hydrogen-bond acceptors (Lipinski definition) is 3. The second kappa shape index (κ2) is 5.80. The highest BCUT2D eigenvalue weighted by molar-refractivity contribution is 5.84. The summed E-state index contributed by atoms with van der Waals surface area (Å²) in [5, 5.41) is 3.52. The molecule has 2 unspecified atom stereocenters. The molecule has 1 heterocycles. The maximum atomic E-state index is 12.5. The van der Waals surface area contributed by atoms with Crippen molar-refractivity contribution >= 4 is 5.91 Å². The number of likely N-dealkylation sites (N-methyl/N-ethyl adjacent to an activating group) is 1. The third-order valence-electron chi connectivity index (χ3n) is 4.40. The van der Waals surface area contributed by atoms with Crippen LogP contribution < -0.4 is 5.32 Å². The van der Waals surface area contributed by atoms with E-state index in [1.54, 1.807) is 0 Å². The second-order valence-corrected chi connectivity index (χ2v) is 6.82. The largest absolute Gasteiger partial charge is 0.324 e. The molecular formula is C15H29N3O. The molecule has 2 fully saturated rings. The predicted molar refractivity (Wildman–Crippen MR) is 77.8 cm³/mol. The van der Waals surface area contributed by atoms with Crippen LogP contribution in [0.25, 0.3) is 0 Å². The van der Waals surface area contributed by atoms with Crippen LogP contribution in [-0.2, 0) is 4.79 Å². The molecule has 2 rings (SSSR count). The molecule has 0 bridgehead atoms. The zero-order chi connectivity index (χ0) is 14.2. The molecule has 1 amide bonds. The predicted octanol–water partition coefficient (Wildman–Crippen LogP) is 1.52. The highest BCUT2D eigenvalue weighted by atomic mass is 16.2. The fourth-order valence-electron chi connectivity index (χ4n) is 2.90. The summed E-state index contributed by atoms with van der Waals surface area (Å²) in [6.45, 7) is 10.5. The molecule has 2 aliphatic rings. The lowest BCUT2D eigenvalue weighted by molar-refractivity contribution is -0.131. The average Bonchev–Trinajstić information content (AvgIpc) is 3.11. The van der Waals surface area contributed by atoms with E-state index in [0.29, 0.717) is 11.8 Å². The molecule has 2 atom stereocenters. The van der Waals surface area contributed by atoms with Gasteiger partial charge in [0.1, 0.15) is 0 Å². The van der Waals surface area contributed by atoms with Crippen molar-refractivity contribution in [3.05, 3.63) is 0 Å². The first-order chi connectivity index (χ1) is 8.91. The van der Waals surface area contributed by atoms with Crippen LogP contribution in [0.15, 0.2) is 0 Å². The van der Waals surface area contributed by atoms with E-state index in [4.69, 9.17) is 0 Å². The topological polar surface area (TPSA) is 35.6 Å². The van der Waals surface area contributed by atoms with E-state index >= 15 is 0 Å². The van der Waals surface area contributed by atoms with Gasteiger partial charge in [-0.1, -0.05) is 27.7 Å². The molecule has 110 valence electrons. The smallest absolute Gasteiger partial charge is 0.241 e. The number of carbonyl (C=O) groups is 1. The van der Waals surface area contributed by atoms with Crippen LogP contribution in [0.2, 0.25) is 0 Å². The average molecular weight is 267 g/mol. The highest BCUT2D eigenvalue weighted by Crippen LogP contribution is 2.26. The van der Waals surface area contributed by atoms with Crippen molar-refractivity contribution in [3.8, 4) is 0 Å². The Bertz CT molecular complexity index is 325. The van der Waals surface area contributed by atoms with Crippen molar-refractivity contribution in [3.63, 3.8) is 0 Å². The summed E-state index contributed by atoms with van der Waals surface area (Å²) in [5.74, 6) is 1.11. The molecule has 1 saturated carbocycles. The minimum Gasteiger partial charge on any atom is -0.324 e. The van der Waals surface area contributed by atoms with E-state index in [0.717, 1.165) is 19.1 Å². The molecule has 0 aromatic heterocycles. The van der Waals surface area contributed by atoms with Gasteiger partial charge < -0.3 is 9.80 Å². The van der Waals surface area contributed by atoms with Crippen molar-refractivity contribution in [2.24, 2.45) is 11.8 Å². The highest BCUT2D eigenvalue weighted by Gasteiger charge is 2.41. The number of rotatable bonds is 6. The van der Waals surface area contributed by atoms with Crippen LogP contribution in [-0.4, -0.2) is 54.1 Å². The van der Waals surface area contributed by atoms with E-state index < -0.39 is 0 Å². The summed E-state index contributed by atoms with van der Waals surface area (Å²) in [6, 6.07) is 0.766. The molecule has 1 aliphatic heterocycles. The second-order valence-electron chi connectivity index (χ2n) is 6.82. The van der Waals surface area contributed by atoms with E-state index in [-0.39, 0.29) is 18.1 Å². The first kappa shape index (κ1) is 14.8. The molecule has 4 heteroatoms. The number of carbonyl (C=O) groups excluding carboxylic acids is 1. The normalized spacial score (nSPS) is 28.2. The van der Waals surface area contributed by atoms with Gasteiger partial charge in [0.15, 0.2) is 0 Å². The van der Waals surface area contributed by atoms with Gasteiger partial charge >= 0.3 is 0 Å². The van der Waals surface area contributed by atoms with Gasteiger partial charge in [-0.3, -0.25) is 10.1 Å². The molecule has 1 saturated heterocycles. The van der Waals surface area contributed by atoms with E-state index in [1.165, 1.54) is 12.8 Å². The molecule has 0 spiro atoms. The number of amides is 1. The van der Waals surface area contributed by atoms with Crippen LogP contribution in [0, 0.1) is 11.8 Å². The summed E-state index contributed by atoms with van der Waals surface area (Å²) < 4.78 is 0. The van der Waals surface area contributed by atoms with Crippen molar-refractivity contribution in [2.45, 2.75) is 58.8 Å². The van der Waals surface area contributed by atoms with Gasteiger partial charge in [0.2, 0.25) is 5.91 Å². The Morgan fingerprint density at radius 3 is 2.37 bits per heavy atom. The van der Waals surface area contributed by atoms with Gasteiger partial charge in [-0.25, -0.2) is 0 Å². The van der Waals surface area contributed by atoms with Crippen LogP contribution in [0.1, 0.15) is 40.5 Å². The van der Waals surface area contributed by atoms with Gasteiger partial charge in [0.25, 0.3) is 0 Å². The zero-order valence-electron chi connectivity index (χ0n) is 13.0. The Morgan fingerprint density at radius 2 is 1.89 bits per heavy atom. The molecule has 1 N–H and O–H groups in total. The minimum absolute atomic E-state index is 0.00127. The molecule has 1 aliphatic carbocycles. The summed E-state index contributed by atoms with van der Waals surface area (Å²) in [4.78, 5) is 17.0. The third kappa shape index (κ3) is 3.29. The van der Waals surface area contributed by atoms with Gasteiger partial charge in [-0.15, -0.1) is 0 Å². The Hall–Kier alpha value is -0.610. The van der Waals surface area contributed by atoms with Crippen molar-refractivity contribution in [1.29, 1.82) is 0 Å². The Kier molecular flexibility index (Phi) is 4.51. The van der Waals surface area contributed by atoms with Crippen molar-refractivity contribution in [1.82, 2.24) is 15.1 Å². The molecule has 19 heavy (non-hydrogen) atoms. The lowest BCUT2D eigenvalue weighted by atomic mass is 10.0. The van der Waals surface area contributed by atoms with Gasteiger partial charge in [-0.05, 0) is 31.7 Å². The van der Waals surface area contributed by atoms with Gasteiger partial charge in [0, 0.05) is 19.1 Å². The fraction of sp³-hybridized carbons (Fsp3) is 0.933. The number of hydrogen-bond donors (Lipinski definition) is 1. The minimum atomic E-state index is -0.00127. The fourth-order valence-corrected chi connectivity index (χ4v) is 2.90. The lowest BCUT2D eigenvalue weighted by Crippen LogP contribution is -2.44. The Morgan fingerprint density at radius 1 is 1.26 bits per heavy atom. The zero-order valence-corrected chi connectivity index (χ0v) is 13.0. The summed E-state index contributed by atoms with van der Waals surface area (Å²) in [5.41, 5.74) is 0. The maximum absolute atomic E-state index is 12.5. The number of nitrogens with one attached hydrogen (secondary N) is 1. The first-order valence-corrected chi connectivity index (χ1v) is 7.68. The number of nitrogens with zero attached hydrogens (tertiary/aromatic N) is 2. The first-order valence-electron chi connectivity index (χ1n) is 7.68. The lowest BCUT2D eigenvalue weighted by Gasteiger charge is -2.29. The van der Waals surface area contributed by atoms with E-state index in [1.807, 2.05) is 0 Å². The van der Waals surface area contributed by atoms with Crippen LogP contribution in [0.5, 0.6) is 0 Å². The third-order valence-corrected chi connectivity index (χ3v) is 4.40. The van der Waals surface area contributed by atoms with Crippen LogP contribution in [0.3, 0.4) is 0 Å². The van der Waals surface area contributed by atoms with Crippen LogP contribution in [0.4, 0.5) is 0 Å². The van der Waals surface area contributed by atoms with E-state index in [9.17, 15) is 4.79 Å². The van der Waals surface area contributed by atoms with Crippen molar-refractivity contribution in [2.75, 3.05) is 20.1 Å². The Labute approximate surface area is 117 Å². The SMILES string of the molecule is CC(C)C1NC(C(C)C)N(CCN(C)C2CC2)C1=O. The summed E-state index contributed by atoms with van der Waals surface area (Å²) in [7, 11) is 2.18. The maximum Gasteiger partial charge on any atom is 0.241 e. The summed E-state index contributed by atoms with van der Waals surface area (Å²) in [6.07, 6.45) is 2.85. The molecule has 0 aromatic carbocycles. The monoisotopic (exact) mass is 267 g/mol. The van der Waals surface area contributed by atoms with Crippen molar-refractivity contribution < 1.29 is 4.79 Å². The molecule has 0 radical (unpaired) electrons. The Balaban J connectivity index is 1.96. The van der Waals surface area contributed by atoms with Gasteiger partial charge in [-0.2, -0.15) is 0 Å². The van der Waals surface area contributed by atoms with E-state index in [2.05, 4.69) is 49.9 Å². The quantitative estimate of drug-likeness (QED) is 0.792. The molecule has 4 nitrogen and oxygen atoms in total. The summed E-state index contributed by atoms with van der Waals surface area (Å²) >= 11 is 0.